The zero-order chi connectivity index (χ0) is 6.53. The first-order chi connectivity index (χ1) is 4.43. The maximum atomic E-state index is 8.17. The van der Waals surface area contributed by atoms with Crippen LogP contribution in [-0.4, -0.2) is 5.11 Å². The van der Waals surface area contributed by atoms with Gasteiger partial charge in [-0.1, -0.05) is 18.2 Å². The van der Waals surface area contributed by atoms with Crippen molar-refractivity contribution in [2.24, 2.45) is 0 Å². The van der Waals surface area contributed by atoms with Gasteiger partial charge in [0.05, 0.1) is 0 Å². The molecule has 0 aliphatic carbocycles. The lowest BCUT2D eigenvalue weighted by molar-refractivity contribution is 0.192. The van der Waals surface area contributed by atoms with E-state index in [1.54, 1.807) is 12.1 Å². The van der Waals surface area contributed by atoms with E-state index < -0.39 is 0 Å². The Bertz CT molecular complexity index is 160. The molecule has 1 aromatic carbocycles. The standard InChI is InChI=1S/C7H7O2/c8-6-9-7-4-2-1-3-5-7/h1-6,8H. The third kappa shape index (κ3) is 1.74. The van der Waals surface area contributed by atoms with Gasteiger partial charge in [-0.15, -0.1) is 0 Å². The van der Waals surface area contributed by atoms with E-state index in [1.807, 2.05) is 18.2 Å². The Labute approximate surface area is 53.7 Å². The van der Waals surface area contributed by atoms with Crippen molar-refractivity contribution < 1.29 is 9.84 Å². The van der Waals surface area contributed by atoms with E-state index in [4.69, 9.17) is 5.11 Å². The number of benzene rings is 1. The van der Waals surface area contributed by atoms with Crippen molar-refractivity contribution >= 4 is 0 Å². The molecule has 0 heterocycles. The Morgan fingerprint density at radius 2 is 1.89 bits per heavy atom. The van der Waals surface area contributed by atoms with Crippen LogP contribution in [0.1, 0.15) is 0 Å². The Morgan fingerprint density at radius 1 is 1.22 bits per heavy atom. The maximum absolute atomic E-state index is 8.17. The van der Waals surface area contributed by atoms with Crippen LogP contribution >= 0.6 is 0 Å². The molecular weight excluding hydrogens is 116 g/mol. The summed E-state index contributed by atoms with van der Waals surface area (Å²) in [7, 11) is 0. The van der Waals surface area contributed by atoms with Crippen molar-refractivity contribution in [1.29, 1.82) is 0 Å². The Morgan fingerprint density at radius 3 is 2.44 bits per heavy atom. The number of hydrogen-bond acceptors (Lipinski definition) is 2. The van der Waals surface area contributed by atoms with E-state index in [1.165, 1.54) is 0 Å². The Balaban J connectivity index is 2.61. The van der Waals surface area contributed by atoms with Crippen LogP contribution in [0.25, 0.3) is 0 Å². The molecule has 0 amide bonds. The molecule has 0 aliphatic rings. The molecule has 0 saturated carbocycles. The van der Waals surface area contributed by atoms with Gasteiger partial charge in [0.25, 0.3) is 6.79 Å². The first-order valence-corrected chi connectivity index (χ1v) is 2.61. The highest BCUT2D eigenvalue weighted by atomic mass is 16.6. The van der Waals surface area contributed by atoms with Gasteiger partial charge in [-0.2, -0.15) is 0 Å². The summed E-state index contributed by atoms with van der Waals surface area (Å²) < 4.78 is 4.64. The lowest BCUT2D eigenvalue weighted by Gasteiger charge is -1.96. The second kappa shape index (κ2) is 3.10. The number of ether oxygens (including phenoxy) is 1. The van der Waals surface area contributed by atoms with Crippen LogP contribution in [-0.2, 0) is 0 Å². The fourth-order valence-electron chi connectivity index (χ4n) is 0.560. The topological polar surface area (TPSA) is 29.5 Å². The van der Waals surface area contributed by atoms with Gasteiger partial charge in [0.2, 0.25) is 0 Å². The van der Waals surface area contributed by atoms with Crippen LogP contribution in [0.15, 0.2) is 30.3 Å². The minimum atomic E-state index is 0.639. The first kappa shape index (κ1) is 6.11. The van der Waals surface area contributed by atoms with E-state index in [9.17, 15) is 0 Å². The second-order valence-corrected chi connectivity index (χ2v) is 1.54. The molecule has 0 aromatic heterocycles. The predicted octanol–water partition coefficient (Wildman–Crippen LogP) is 1.56. The van der Waals surface area contributed by atoms with E-state index in [0.717, 1.165) is 0 Å². The summed E-state index contributed by atoms with van der Waals surface area (Å²) >= 11 is 0. The highest BCUT2D eigenvalue weighted by Crippen LogP contribution is 2.07. The van der Waals surface area contributed by atoms with E-state index >= 15 is 0 Å². The summed E-state index contributed by atoms with van der Waals surface area (Å²) in [6.45, 7) is 0.662. The molecule has 9 heavy (non-hydrogen) atoms. The van der Waals surface area contributed by atoms with Gasteiger partial charge < -0.3 is 9.84 Å². The Hall–Kier alpha value is -1.02. The van der Waals surface area contributed by atoms with Crippen LogP contribution < -0.4 is 4.74 Å². The number of rotatable bonds is 2. The number of aliphatic hydroxyl groups is 1. The molecule has 0 fully saturated rings. The first-order valence-electron chi connectivity index (χ1n) is 2.61. The molecule has 0 unspecified atom stereocenters. The average molecular weight is 123 g/mol. The second-order valence-electron chi connectivity index (χ2n) is 1.54. The van der Waals surface area contributed by atoms with Crippen molar-refractivity contribution in [3.63, 3.8) is 0 Å². The summed E-state index contributed by atoms with van der Waals surface area (Å²) in [6.07, 6.45) is 0. The lowest BCUT2D eigenvalue weighted by Crippen LogP contribution is -1.85. The highest BCUT2D eigenvalue weighted by molar-refractivity contribution is 5.20. The van der Waals surface area contributed by atoms with Gasteiger partial charge >= 0.3 is 0 Å². The molecule has 0 bridgehead atoms. The summed E-state index contributed by atoms with van der Waals surface area (Å²) in [6, 6.07) is 9.06. The van der Waals surface area contributed by atoms with Crippen molar-refractivity contribution in [3.8, 4) is 5.75 Å². The van der Waals surface area contributed by atoms with E-state index in [0.29, 0.717) is 12.5 Å². The van der Waals surface area contributed by atoms with Gasteiger partial charge in [0.15, 0.2) is 0 Å². The zero-order valence-corrected chi connectivity index (χ0v) is 4.82. The van der Waals surface area contributed by atoms with Crippen LogP contribution in [0.4, 0.5) is 0 Å². The smallest absolute Gasteiger partial charge is 0.260 e. The molecule has 0 atom stereocenters. The van der Waals surface area contributed by atoms with E-state index in [-0.39, 0.29) is 0 Å². The molecule has 47 valence electrons. The van der Waals surface area contributed by atoms with Crippen molar-refractivity contribution in [2.75, 3.05) is 0 Å². The minimum absolute atomic E-state index is 0.639. The van der Waals surface area contributed by atoms with Crippen molar-refractivity contribution in [2.45, 2.75) is 0 Å². The summed E-state index contributed by atoms with van der Waals surface area (Å²) in [5.41, 5.74) is 0. The molecular formula is C7H7O2. The fourth-order valence-corrected chi connectivity index (χ4v) is 0.560. The van der Waals surface area contributed by atoms with Gasteiger partial charge in [0.1, 0.15) is 5.75 Å². The maximum Gasteiger partial charge on any atom is 0.260 e. The Kier molecular flexibility index (Phi) is 2.10. The lowest BCUT2D eigenvalue weighted by atomic mass is 10.3. The number of aliphatic hydroxyl groups excluding tert-OH is 1. The van der Waals surface area contributed by atoms with Crippen molar-refractivity contribution in [1.82, 2.24) is 0 Å². The quantitative estimate of drug-likeness (QED) is 0.646. The fraction of sp³-hybridized carbons (Fsp3) is 0. The normalized spacial score (nSPS) is 9.00. The van der Waals surface area contributed by atoms with Gasteiger partial charge in [-0.3, -0.25) is 0 Å². The molecule has 0 aliphatic heterocycles. The van der Waals surface area contributed by atoms with Crippen molar-refractivity contribution in [3.05, 3.63) is 37.1 Å². The third-order valence-electron chi connectivity index (χ3n) is 0.932. The average Bonchev–Trinajstić information content (AvgIpc) is 1.91. The van der Waals surface area contributed by atoms with Gasteiger partial charge in [0, 0.05) is 0 Å². The molecule has 1 aromatic rings. The SMILES string of the molecule is O[CH]Oc1ccccc1. The largest absolute Gasteiger partial charge is 0.458 e. The molecule has 1 radical (unpaired) electrons. The van der Waals surface area contributed by atoms with Crippen LogP contribution in [0.2, 0.25) is 0 Å². The molecule has 1 rings (SSSR count). The minimum Gasteiger partial charge on any atom is -0.458 e. The molecule has 0 spiro atoms. The number of hydrogen-bond donors (Lipinski definition) is 1. The third-order valence-corrected chi connectivity index (χ3v) is 0.932. The van der Waals surface area contributed by atoms with Gasteiger partial charge in [-0.25, -0.2) is 0 Å². The molecule has 1 N–H and O–H groups in total. The number of para-hydroxylation sites is 1. The summed E-state index contributed by atoms with van der Waals surface area (Å²) in [4.78, 5) is 0. The predicted molar refractivity (Wildman–Crippen MR) is 33.3 cm³/mol. The summed E-state index contributed by atoms with van der Waals surface area (Å²) in [5.74, 6) is 0.639. The molecule has 2 nitrogen and oxygen atoms in total. The molecule has 0 saturated heterocycles. The zero-order valence-electron chi connectivity index (χ0n) is 4.82. The van der Waals surface area contributed by atoms with Crippen LogP contribution in [0.3, 0.4) is 0 Å². The monoisotopic (exact) mass is 123 g/mol. The van der Waals surface area contributed by atoms with Crippen LogP contribution in [0.5, 0.6) is 5.75 Å². The van der Waals surface area contributed by atoms with Gasteiger partial charge in [-0.05, 0) is 12.1 Å². The van der Waals surface area contributed by atoms with E-state index in [2.05, 4.69) is 4.74 Å². The summed E-state index contributed by atoms with van der Waals surface area (Å²) in [5, 5.41) is 8.17. The molecule has 2 heteroatoms. The van der Waals surface area contributed by atoms with Crippen LogP contribution in [0, 0.1) is 6.79 Å². The highest BCUT2D eigenvalue weighted by Gasteiger charge is 1.85.